The lowest BCUT2D eigenvalue weighted by Crippen LogP contribution is -2.43. The molecule has 6 nitrogen and oxygen atoms in total. The highest BCUT2D eigenvalue weighted by molar-refractivity contribution is 5.79. The fourth-order valence-electron chi connectivity index (χ4n) is 1.15. The third-order valence-electron chi connectivity index (χ3n) is 2.05. The molecule has 0 aromatic heterocycles. The summed E-state index contributed by atoms with van der Waals surface area (Å²) in [6, 6.07) is -0.902. The zero-order valence-corrected chi connectivity index (χ0v) is 9.39. The van der Waals surface area contributed by atoms with Gasteiger partial charge in [0, 0.05) is 7.05 Å². The number of rotatable bonds is 7. The van der Waals surface area contributed by atoms with E-state index in [2.05, 4.69) is 6.58 Å². The van der Waals surface area contributed by atoms with Crippen molar-refractivity contribution in [2.45, 2.75) is 18.9 Å². The average molecular weight is 230 g/mol. The number of carbonyl (C=O) groups excluding carboxylic acids is 1. The van der Waals surface area contributed by atoms with Crippen LogP contribution in [0.5, 0.6) is 0 Å². The molecule has 0 aliphatic carbocycles. The maximum absolute atomic E-state index is 11.4. The number of likely N-dealkylation sites (N-methyl/N-ethyl adjacent to an activating group) is 1. The number of carboxylic acid groups (broad SMARTS) is 1. The zero-order valence-electron chi connectivity index (χ0n) is 9.39. The summed E-state index contributed by atoms with van der Waals surface area (Å²) in [6.45, 7) is 3.84. The Morgan fingerprint density at radius 1 is 1.62 bits per heavy atom. The molecule has 3 N–H and O–H groups in total. The molecule has 0 unspecified atom stereocenters. The Morgan fingerprint density at radius 2 is 2.25 bits per heavy atom. The van der Waals surface area contributed by atoms with Gasteiger partial charge in [0.2, 0.25) is 0 Å². The summed E-state index contributed by atoms with van der Waals surface area (Å²) in [6.07, 6.45) is 1.59. The van der Waals surface area contributed by atoms with Gasteiger partial charge in [-0.05, 0) is 19.4 Å². The van der Waals surface area contributed by atoms with Gasteiger partial charge in [0.05, 0.1) is 0 Å². The number of carbonyl (C=O) groups is 2. The van der Waals surface area contributed by atoms with Crippen LogP contribution in [0.25, 0.3) is 0 Å². The maximum Gasteiger partial charge on any atom is 0.410 e. The Bertz CT molecular complexity index is 255. The number of nitrogens with zero attached hydrogens (tertiary/aromatic N) is 1. The Morgan fingerprint density at radius 3 is 2.69 bits per heavy atom. The van der Waals surface area contributed by atoms with Crippen LogP contribution in [0.4, 0.5) is 4.79 Å². The molecule has 0 saturated heterocycles. The summed E-state index contributed by atoms with van der Waals surface area (Å²) in [5, 5.41) is 8.93. The second kappa shape index (κ2) is 7.70. The summed E-state index contributed by atoms with van der Waals surface area (Å²) in [5.74, 6) is -1.06. The molecule has 92 valence electrons. The van der Waals surface area contributed by atoms with Crippen LogP contribution in [0.15, 0.2) is 12.7 Å². The van der Waals surface area contributed by atoms with Gasteiger partial charge in [0.25, 0.3) is 0 Å². The quantitative estimate of drug-likeness (QED) is 0.619. The van der Waals surface area contributed by atoms with E-state index in [-0.39, 0.29) is 6.61 Å². The van der Waals surface area contributed by atoms with Crippen LogP contribution < -0.4 is 5.73 Å². The van der Waals surface area contributed by atoms with Crippen molar-refractivity contribution in [3.63, 3.8) is 0 Å². The molecule has 16 heavy (non-hydrogen) atoms. The maximum atomic E-state index is 11.4. The van der Waals surface area contributed by atoms with Crippen molar-refractivity contribution in [3.8, 4) is 0 Å². The van der Waals surface area contributed by atoms with Gasteiger partial charge in [-0.2, -0.15) is 0 Å². The Balaban J connectivity index is 4.35. The molecule has 6 heteroatoms. The molecule has 1 amide bonds. The van der Waals surface area contributed by atoms with E-state index in [0.29, 0.717) is 19.4 Å². The van der Waals surface area contributed by atoms with E-state index in [1.807, 2.05) is 0 Å². The number of amides is 1. The first-order valence-corrected chi connectivity index (χ1v) is 4.98. The number of ether oxygens (including phenoxy) is 1. The number of carboxylic acids is 1. The van der Waals surface area contributed by atoms with Crippen molar-refractivity contribution >= 4 is 12.1 Å². The van der Waals surface area contributed by atoms with Gasteiger partial charge < -0.3 is 15.6 Å². The number of hydrogen-bond donors (Lipinski definition) is 2. The number of aliphatic carboxylic acids is 1. The van der Waals surface area contributed by atoms with Gasteiger partial charge >= 0.3 is 12.1 Å². The third kappa shape index (κ3) is 4.79. The molecule has 0 heterocycles. The molecule has 0 radical (unpaired) electrons. The smallest absolute Gasteiger partial charge is 0.410 e. The standard InChI is InChI=1S/C10H18N2O4/c1-3-7-16-10(15)12(2)8(9(13)14)5-4-6-11/h3,8H,1,4-7,11H2,2H3,(H,13,14)/t8-/m1/s1. The van der Waals surface area contributed by atoms with Crippen molar-refractivity contribution < 1.29 is 19.4 Å². The lowest BCUT2D eigenvalue weighted by molar-refractivity contribution is -0.142. The number of hydrogen-bond acceptors (Lipinski definition) is 4. The molecule has 0 spiro atoms. The van der Waals surface area contributed by atoms with Crippen LogP contribution >= 0.6 is 0 Å². The summed E-state index contributed by atoms with van der Waals surface area (Å²) in [4.78, 5) is 23.3. The largest absolute Gasteiger partial charge is 0.480 e. The summed E-state index contributed by atoms with van der Waals surface area (Å²) >= 11 is 0. The van der Waals surface area contributed by atoms with E-state index in [1.54, 1.807) is 0 Å². The molecule has 0 bridgehead atoms. The van der Waals surface area contributed by atoms with Crippen molar-refractivity contribution in [2.75, 3.05) is 20.2 Å². The molecule has 1 atom stereocenters. The predicted octanol–water partition coefficient (Wildman–Crippen LogP) is 0.433. The van der Waals surface area contributed by atoms with Gasteiger partial charge in [-0.25, -0.2) is 9.59 Å². The van der Waals surface area contributed by atoms with Gasteiger partial charge in [-0.1, -0.05) is 12.7 Å². The van der Waals surface area contributed by atoms with Crippen LogP contribution in [0.2, 0.25) is 0 Å². The van der Waals surface area contributed by atoms with Crippen molar-refractivity contribution in [1.82, 2.24) is 4.90 Å². The lowest BCUT2D eigenvalue weighted by Gasteiger charge is -2.23. The second-order valence-corrected chi connectivity index (χ2v) is 3.26. The van der Waals surface area contributed by atoms with E-state index in [4.69, 9.17) is 15.6 Å². The van der Waals surface area contributed by atoms with Crippen molar-refractivity contribution in [2.24, 2.45) is 5.73 Å². The summed E-state index contributed by atoms with van der Waals surface area (Å²) < 4.78 is 4.74. The molecular formula is C10H18N2O4. The second-order valence-electron chi connectivity index (χ2n) is 3.26. The van der Waals surface area contributed by atoms with Gasteiger partial charge in [-0.3, -0.25) is 4.90 Å². The number of nitrogens with two attached hydrogens (primary N) is 1. The average Bonchev–Trinajstić information content (AvgIpc) is 2.25. The highest BCUT2D eigenvalue weighted by Crippen LogP contribution is 2.07. The van der Waals surface area contributed by atoms with Crippen LogP contribution in [0.3, 0.4) is 0 Å². The first-order chi connectivity index (χ1) is 7.54. The van der Waals surface area contributed by atoms with E-state index < -0.39 is 18.1 Å². The van der Waals surface area contributed by atoms with Crippen molar-refractivity contribution in [1.29, 1.82) is 0 Å². The topological polar surface area (TPSA) is 92.9 Å². The molecule has 0 rings (SSSR count). The fraction of sp³-hybridized carbons (Fsp3) is 0.600. The normalized spacial score (nSPS) is 11.6. The molecule has 0 aromatic rings. The predicted molar refractivity (Wildman–Crippen MR) is 59.0 cm³/mol. The van der Waals surface area contributed by atoms with Crippen LogP contribution in [-0.2, 0) is 9.53 Å². The lowest BCUT2D eigenvalue weighted by atomic mass is 10.1. The van der Waals surface area contributed by atoms with E-state index in [9.17, 15) is 9.59 Å². The molecular weight excluding hydrogens is 212 g/mol. The Kier molecular flexibility index (Phi) is 6.95. The highest BCUT2D eigenvalue weighted by atomic mass is 16.6. The summed E-state index contributed by atoms with van der Waals surface area (Å²) in [5.41, 5.74) is 5.29. The molecule has 0 saturated carbocycles. The molecule has 0 aliphatic heterocycles. The van der Waals surface area contributed by atoms with E-state index in [0.717, 1.165) is 4.90 Å². The SMILES string of the molecule is C=CCOC(=O)N(C)[C@H](CCCN)C(=O)O. The minimum atomic E-state index is -1.06. The minimum Gasteiger partial charge on any atom is -0.480 e. The Labute approximate surface area is 94.7 Å². The van der Waals surface area contributed by atoms with Gasteiger partial charge in [0.15, 0.2) is 0 Å². The third-order valence-corrected chi connectivity index (χ3v) is 2.05. The first-order valence-electron chi connectivity index (χ1n) is 4.98. The van der Waals surface area contributed by atoms with Gasteiger partial charge in [0.1, 0.15) is 12.6 Å². The first kappa shape index (κ1) is 14.4. The van der Waals surface area contributed by atoms with E-state index in [1.165, 1.54) is 13.1 Å². The van der Waals surface area contributed by atoms with Crippen LogP contribution in [0, 0.1) is 0 Å². The molecule has 0 aliphatic rings. The van der Waals surface area contributed by atoms with Gasteiger partial charge in [-0.15, -0.1) is 0 Å². The highest BCUT2D eigenvalue weighted by Gasteiger charge is 2.26. The van der Waals surface area contributed by atoms with Crippen LogP contribution in [-0.4, -0.2) is 48.3 Å². The molecule has 0 aromatic carbocycles. The van der Waals surface area contributed by atoms with E-state index >= 15 is 0 Å². The molecule has 0 fully saturated rings. The minimum absolute atomic E-state index is 0.0619. The fourth-order valence-corrected chi connectivity index (χ4v) is 1.15. The van der Waals surface area contributed by atoms with Crippen molar-refractivity contribution in [3.05, 3.63) is 12.7 Å². The monoisotopic (exact) mass is 230 g/mol. The Hall–Kier alpha value is -1.56. The zero-order chi connectivity index (χ0) is 12.6. The summed E-state index contributed by atoms with van der Waals surface area (Å²) in [7, 11) is 1.39. The van der Waals surface area contributed by atoms with Crippen LogP contribution in [0.1, 0.15) is 12.8 Å².